The Labute approximate surface area is 110 Å². The van der Waals surface area contributed by atoms with Crippen molar-refractivity contribution >= 4 is 0 Å². The fraction of sp³-hybridized carbons (Fsp3) is 0.625. The fourth-order valence-corrected chi connectivity index (χ4v) is 3.86. The highest BCUT2D eigenvalue weighted by Gasteiger charge is 2.44. The maximum Gasteiger partial charge on any atom is 0.0279 e. The summed E-state index contributed by atoms with van der Waals surface area (Å²) in [5.41, 5.74) is 1.45. The van der Waals surface area contributed by atoms with E-state index in [0.717, 1.165) is 24.4 Å². The fourth-order valence-electron chi connectivity index (χ4n) is 3.86. The molecular formula is C16H24N2. The van der Waals surface area contributed by atoms with Crippen LogP contribution in [0.3, 0.4) is 0 Å². The summed E-state index contributed by atoms with van der Waals surface area (Å²) in [5, 5.41) is 3.72. The first-order chi connectivity index (χ1) is 8.75. The van der Waals surface area contributed by atoms with Gasteiger partial charge in [-0.2, -0.15) is 0 Å². The Morgan fingerprint density at radius 3 is 2.78 bits per heavy atom. The van der Waals surface area contributed by atoms with Crippen molar-refractivity contribution in [3.05, 3.63) is 35.9 Å². The number of nitrogens with one attached hydrogen (secondary N) is 1. The normalized spacial score (nSPS) is 32.1. The lowest BCUT2D eigenvalue weighted by Crippen LogP contribution is -2.44. The molecule has 0 spiro atoms. The highest BCUT2D eigenvalue weighted by atomic mass is 15.2. The Kier molecular flexibility index (Phi) is 3.40. The lowest BCUT2D eigenvalue weighted by molar-refractivity contribution is 0.178. The van der Waals surface area contributed by atoms with Crippen LogP contribution in [0.25, 0.3) is 0 Å². The molecule has 2 saturated heterocycles. The van der Waals surface area contributed by atoms with E-state index in [1.54, 1.807) is 0 Å². The van der Waals surface area contributed by atoms with Gasteiger partial charge in [0, 0.05) is 25.2 Å². The molecule has 2 aliphatic rings. The predicted molar refractivity (Wildman–Crippen MR) is 75.4 cm³/mol. The largest absolute Gasteiger partial charge is 0.312 e. The van der Waals surface area contributed by atoms with E-state index in [1.807, 2.05) is 0 Å². The highest BCUT2D eigenvalue weighted by Crippen LogP contribution is 2.34. The van der Waals surface area contributed by atoms with Crippen molar-refractivity contribution in [3.8, 4) is 0 Å². The number of rotatable bonds is 3. The molecule has 1 aromatic carbocycles. The molecule has 2 heterocycles. The van der Waals surface area contributed by atoms with E-state index < -0.39 is 0 Å². The maximum atomic E-state index is 3.72. The van der Waals surface area contributed by atoms with Gasteiger partial charge in [-0.3, -0.25) is 4.90 Å². The molecule has 98 valence electrons. The van der Waals surface area contributed by atoms with E-state index >= 15 is 0 Å². The minimum atomic E-state index is 0.706. The van der Waals surface area contributed by atoms with Crippen molar-refractivity contribution in [3.63, 3.8) is 0 Å². The van der Waals surface area contributed by atoms with Crippen LogP contribution in [0.5, 0.6) is 0 Å². The SMILES string of the molecule is CC(C)C1C2NCCC2CN1Cc1ccccc1. The summed E-state index contributed by atoms with van der Waals surface area (Å²) in [7, 11) is 0. The third kappa shape index (κ3) is 2.19. The van der Waals surface area contributed by atoms with E-state index in [1.165, 1.54) is 25.1 Å². The highest BCUT2D eigenvalue weighted by molar-refractivity contribution is 5.16. The summed E-state index contributed by atoms with van der Waals surface area (Å²) >= 11 is 0. The minimum Gasteiger partial charge on any atom is -0.312 e. The van der Waals surface area contributed by atoms with Crippen molar-refractivity contribution in [1.29, 1.82) is 0 Å². The molecule has 3 rings (SSSR count). The maximum absolute atomic E-state index is 3.72. The zero-order chi connectivity index (χ0) is 12.5. The van der Waals surface area contributed by atoms with Gasteiger partial charge >= 0.3 is 0 Å². The smallest absolute Gasteiger partial charge is 0.0279 e. The van der Waals surface area contributed by atoms with Gasteiger partial charge in [-0.15, -0.1) is 0 Å². The van der Waals surface area contributed by atoms with E-state index in [-0.39, 0.29) is 0 Å². The molecule has 3 unspecified atom stereocenters. The zero-order valence-corrected chi connectivity index (χ0v) is 11.5. The van der Waals surface area contributed by atoms with Crippen molar-refractivity contribution in [2.75, 3.05) is 13.1 Å². The molecule has 2 aliphatic heterocycles. The molecule has 0 bridgehead atoms. The van der Waals surface area contributed by atoms with Gasteiger partial charge in [-0.1, -0.05) is 44.2 Å². The Morgan fingerprint density at radius 2 is 2.06 bits per heavy atom. The Morgan fingerprint density at radius 1 is 1.28 bits per heavy atom. The van der Waals surface area contributed by atoms with E-state index in [4.69, 9.17) is 0 Å². The van der Waals surface area contributed by atoms with Crippen molar-refractivity contribution < 1.29 is 0 Å². The van der Waals surface area contributed by atoms with Crippen molar-refractivity contribution in [2.24, 2.45) is 11.8 Å². The summed E-state index contributed by atoms with van der Waals surface area (Å²) in [4.78, 5) is 2.70. The summed E-state index contributed by atoms with van der Waals surface area (Å²) < 4.78 is 0. The second-order valence-corrected chi connectivity index (χ2v) is 6.18. The van der Waals surface area contributed by atoms with Crippen molar-refractivity contribution in [2.45, 2.75) is 38.9 Å². The van der Waals surface area contributed by atoms with E-state index in [0.29, 0.717) is 6.04 Å². The number of nitrogens with zero attached hydrogens (tertiary/aromatic N) is 1. The van der Waals surface area contributed by atoms with Gasteiger partial charge < -0.3 is 5.32 Å². The van der Waals surface area contributed by atoms with Crippen LogP contribution < -0.4 is 5.32 Å². The second kappa shape index (κ2) is 5.02. The topological polar surface area (TPSA) is 15.3 Å². The first-order valence-corrected chi connectivity index (χ1v) is 7.27. The molecule has 0 saturated carbocycles. The standard InChI is InChI=1S/C16H24N2/c1-12(2)16-15-14(8-9-17-15)11-18(16)10-13-6-4-3-5-7-13/h3-7,12,14-17H,8-11H2,1-2H3. The Balaban J connectivity index is 1.75. The molecule has 1 aromatic rings. The molecule has 3 atom stereocenters. The van der Waals surface area contributed by atoms with Crippen LogP contribution in [0.2, 0.25) is 0 Å². The van der Waals surface area contributed by atoms with Crippen LogP contribution in [0.15, 0.2) is 30.3 Å². The molecule has 0 aromatic heterocycles. The summed E-state index contributed by atoms with van der Waals surface area (Å²) in [6.45, 7) is 8.33. The molecule has 2 heteroatoms. The van der Waals surface area contributed by atoms with Gasteiger partial charge in [-0.05, 0) is 30.4 Å². The Bertz CT molecular complexity index is 387. The predicted octanol–water partition coefficient (Wildman–Crippen LogP) is 2.50. The summed E-state index contributed by atoms with van der Waals surface area (Å²) in [5.74, 6) is 1.61. The van der Waals surface area contributed by atoms with Crippen LogP contribution >= 0.6 is 0 Å². The summed E-state index contributed by atoms with van der Waals surface area (Å²) in [6.07, 6.45) is 1.36. The number of benzene rings is 1. The molecule has 0 amide bonds. The van der Waals surface area contributed by atoms with Gasteiger partial charge in [0.2, 0.25) is 0 Å². The molecule has 2 nitrogen and oxygen atoms in total. The number of hydrogen-bond donors (Lipinski definition) is 1. The zero-order valence-electron chi connectivity index (χ0n) is 11.5. The quantitative estimate of drug-likeness (QED) is 0.879. The lowest BCUT2D eigenvalue weighted by Gasteiger charge is -2.31. The van der Waals surface area contributed by atoms with Gasteiger partial charge in [0.25, 0.3) is 0 Å². The molecule has 1 N–H and O–H groups in total. The van der Waals surface area contributed by atoms with E-state index in [2.05, 4.69) is 54.4 Å². The molecule has 0 aliphatic carbocycles. The molecule has 2 fully saturated rings. The van der Waals surface area contributed by atoms with Crippen LogP contribution in [0.4, 0.5) is 0 Å². The lowest BCUT2D eigenvalue weighted by atomic mass is 9.93. The van der Waals surface area contributed by atoms with Crippen LogP contribution in [0.1, 0.15) is 25.8 Å². The average molecular weight is 244 g/mol. The third-order valence-electron chi connectivity index (χ3n) is 4.57. The van der Waals surface area contributed by atoms with Gasteiger partial charge in [0.15, 0.2) is 0 Å². The number of fused-ring (bicyclic) bond motifs is 1. The van der Waals surface area contributed by atoms with Gasteiger partial charge in [0.05, 0.1) is 0 Å². The van der Waals surface area contributed by atoms with Crippen molar-refractivity contribution in [1.82, 2.24) is 10.2 Å². The number of likely N-dealkylation sites (tertiary alicyclic amines) is 1. The first kappa shape index (κ1) is 12.2. The average Bonchev–Trinajstić information content (AvgIpc) is 2.89. The van der Waals surface area contributed by atoms with Gasteiger partial charge in [-0.25, -0.2) is 0 Å². The van der Waals surface area contributed by atoms with Crippen LogP contribution in [0, 0.1) is 11.8 Å². The van der Waals surface area contributed by atoms with Crippen LogP contribution in [-0.4, -0.2) is 30.1 Å². The molecular weight excluding hydrogens is 220 g/mol. The summed E-state index contributed by atoms with van der Waals surface area (Å²) in [6, 6.07) is 12.3. The van der Waals surface area contributed by atoms with Gasteiger partial charge in [0.1, 0.15) is 0 Å². The van der Waals surface area contributed by atoms with Crippen LogP contribution in [-0.2, 0) is 6.54 Å². The minimum absolute atomic E-state index is 0.706. The number of hydrogen-bond acceptors (Lipinski definition) is 2. The Hall–Kier alpha value is -0.860. The monoisotopic (exact) mass is 244 g/mol. The second-order valence-electron chi connectivity index (χ2n) is 6.18. The third-order valence-corrected chi connectivity index (χ3v) is 4.57. The molecule has 18 heavy (non-hydrogen) atoms. The van der Waals surface area contributed by atoms with E-state index in [9.17, 15) is 0 Å². The molecule has 0 radical (unpaired) electrons. The first-order valence-electron chi connectivity index (χ1n) is 7.27.